The number of pyridine rings is 1. The molecule has 1 heterocycles. The maximum atomic E-state index is 11.3. The molecule has 1 rings (SSSR count). The molecule has 5 heteroatoms. The lowest BCUT2D eigenvalue weighted by molar-refractivity contribution is 0.674. The van der Waals surface area contributed by atoms with Crippen LogP contribution in [0.2, 0.25) is 0 Å². The Kier molecular flexibility index (Phi) is 3.19. The van der Waals surface area contributed by atoms with Gasteiger partial charge in [-0.15, -0.1) is 0 Å². The molecule has 1 unspecified atom stereocenters. The van der Waals surface area contributed by atoms with Crippen molar-refractivity contribution in [3.8, 4) is 0 Å². The van der Waals surface area contributed by atoms with Crippen LogP contribution in [0.1, 0.15) is 6.92 Å². The highest BCUT2D eigenvalue weighted by molar-refractivity contribution is 7.83. The van der Waals surface area contributed by atoms with E-state index in [2.05, 4.69) is 9.71 Å². The number of hydrogen-bond acceptors (Lipinski definition) is 3. The average molecular weight is 185 g/mol. The molecule has 1 aromatic rings. The maximum absolute atomic E-state index is 11.3. The molecule has 0 aliphatic heterocycles. The molecule has 1 aromatic heterocycles. The van der Waals surface area contributed by atoms with Gasteiger partial charge in [-0.3, -0.25) is 0 Å². The molecule has 0 fully saturated rings. The van der Waals surface area contributed by atoms with E-state index in [1.54, 1.807) is 18.3 Å². The Morgan fingerprint density at radius 1 is 1.75 bits per heavy atom. The highest BCUT2D eigenvalue weighted by atomic mass is 32.2. The zero-order chi connectivity index (χ0) is 8.97. The van der Waals surface area contributed by atoms with Crippen molar-refractivity contribution in [2.75, 3.05) is 12.3 Å². The van der Waals surface area contributed by atoms with Crippen molar-refractivity contribution in [1.29, 1.82) is 0 Å². The Balaban J connectivity index is 2.81. The summed E-state index contributed by atoms with van der Waals surface area (Å²) in [5, 5.41) is 0. The van der Waals surface area contributed by atoms with Gasteiger partial charge in [-0.05, 0) is 12.1 Å². The molecule has 12 heavy (non-hydrogen) atoms. The predicted molar refractivity (Wildman–Crippen MR) is 48.7 cm³/mol. The van der Waals surface area contributed by atoms with E-state index in [0.29, 0.717) is 17.3 Å². The molecule has 0 amide bonds. The van der Waals surface area contributed by atoms with Gasteiger partial charge in [0.25, 0.3) is 0 Å². The monoisotopic (exact) mass is 185 g/mol. The summed E-state index contributed by atoms with van der Waals surface area (Å²) in [5.41, 5.74) is 5.42. The molecule has 0 aliphatic rings. The van der Waals surface area contributed by atoms with E-state index >= 15 is 0 Å². The lowest BCUT2D eigenvalue weighted by Gasteiger charge is -2.01. The van der Waals surface area contributed by atoms with E-state index in [-0.39, 0.29) is 0 Å². The van der Waals surface area contributed by atoms with Crippen molar-refractivity contribution in [2.24, 2.45) is 0 Å². The van der Waals surface area contributed by atoms with Gasteiger partial charge in [0, 0.05) is 12.7 Å². The third-order valence-electron chi connectivity index (χ3n) is 1.24. The van der Waals surface area contributed by atoms with Crippen molar-refractivity contribution < 1.29 is 4.21 Å². The fourth-order valence-corrected chi connectivity index (χ4v) is 1.60. The predicted octanol–water partition coefficient (Wildman–Crippen LogP) is 0.296. The van der Waals surface area contributed by atoms with Gasteiger partial charge in [0.1, 0.15) is 16.8 Å². The number of hydrogen-bond donors (Lipinski definition) is 2. The zero-order valence-corrected chi connectivity index (χ0v) is 7.60. The molecule has 0 radical (unpaired) electrons. The second-order valence-corrected chi connectivity index (χ2v) is 3.48. The second kappa shape index (κ2) is 4.18. The minimum Gasteiger partial charge on any atom is -0.384 e. The first-order valence-corrected chi connectivity index (χ1v) is 4.76. The molecule has 1 atom stereocenters. The van der Waals surface area contributed by atoms with E-state index in [9.17, 15) is 4.21 Å². The first-order valence-electron chi connectivity index (χ1n) is 3.61. The molecular weight excluding hydrogens is 174 g/mol. The van der Waals surface area contributed by atoms with Gasteiger partial charge in [-0.25, -0.2) is 13.9 Å². The molecule has 0 saturated carbocycles. The molecule has 0 bridgehead atoms. The number of nitrogens with zero attached hydrogens (tertiary/aromatic N) is 1. The number of anilines is 1. The molecule has 66 valence electrons. The first-order chi connectivity index (χ1) is 5.74. The van der Waals surface area contributed by atoms with Crippen LogP contribution in [0.4, 0.5) is 5.82 Å². The summed E-state index contributed by atoms with van der Waals surface area (Å²) in [6, 6.07) is 3.27. The van der Waals surface area contributed by atoms with Crippen molar-refractivity contribution in [3.63, 3.8) is 0 Å². The van der Waals surface area contributed by atoms with Gasteiger partial charge in [-0.2, -0.15) is 0 Å². The first kappa shape index (κ1) is 9.15. The standard InChI is InChI=1S/C7H11N3OS/c1-2-10-12(11)6-3-4-9-7(8)5-6/h3-5,10H,2H2,1H3,(H2,8,9). The lowest BCUT2D eigenvalue weighted by atomic mass is 10.5. The Morgan fingerprint density at radius 3 is 3.08 bits per heavy atom. The Hall–Kier alpha value is -0.940. The molecule has 0 saturated heterocycles. The fourth-order valence-electron chi connectivity index (χ4n) is 0.758. The minimum atomic E-state index is -1.16. The second-order valence-electron chi connectivity index (χ2n) is 2.18. The fraction of sp³-hybridized carbons (Fsp3) is 0.286. The quantitative estimate of drug-likeness (QED) is 0.711. The van der Waals surface area contributed by atoms with Crippen LogP contribution in [0.25, 0.3) is 0 Å². The molecule has 4 nitrogen and oxygen atoms in total. The van der Waals surface area contributed by atoms with Gasteiger partial charge >= 0.3 is 0 Å². The van der Waals surface area contributed by atoms with Crippen LogP contribution in [0.3, 0.4) is 0 Å². The van der Waals surface area contributed by atoms with E-state index in [1.807, 2.05) is 6.92 Å². The van der Waals surface area contributed by atoms with Crippen LogP contribution in [0.15, 0.2) is 23.2 Å². The van der Waals surface area contributed by atoms with Crippen LogP contribution in [0.5, 0.6) is 0 Å². The van der Waals surface area contributed by atoms with Gasteiger partial charge in [0.2, 0.25) is 0 Å². The van der Waals surface area contributed by atoms with Gasteiger partial charge in [0.15, 0.2) is 0 Å². The van der Waals surface area contributed by atoms with Crippen LogP contribution in [0, 0.1) is 0 Å². The van der Waals surface area contributed by atoms with Crippen LogP contribution >= 0.6 is 0 Å². The van der Waals surface area contributed by atoms with Crippen LogP contribution < -0.4 is 10.5 Å². The average Bonchev–Trinajstić information content (AvgIpc) is 2.05. The summed E-state index contributed by atoms with van der Waals surface area (Å²) < 4.78 is 14.1. The third-order valence-corrected chi connectivity index (χ3v) is 2.48. The zero-order valence-electron chi connectivity index (χ0n) is 6.78. The number of nitrogens with two attached hydrogens (primary N) is 1. The highest BCUT2D eigenvalue weighted by Crippen LogP contribution is 2.05. The van der Waals surface area contributed by atoms with Crippen molar-refractivity contribution in [3.05, 3.63) is 18.3 Å². The highest BCUT2D eigenvalue weighted by Gasteiger charge is 2.01. The van der Waals surface area contributed by atoms with Crippen molar-refractivity contribution in [2.45, 2.75) is 11.8 Å². The summed E-state index contributed by atoms with van der Waals surface area (Å²) >= 11 is 0. The van der Waals surface area contributed by atoms with E-state index in [1.165, 1.54) is 0 Å². The third kappa shape index (κ3) is 2.28. The Bertz CT molecular complexity index is 290. The summed E-state index contributed by atoms with van der Waals surface area (Å²) in [5.74, 6) is 0.388. The van der Waals surface area contributed by atoms with Crippen molar-refractivity contribution >= 4 is 16.8 Å². The molecular formula is C7H11N3OS. The number of nitrogen functional groups attached to an aromatic ring is 1. The largest absolute Gasteiger partial charge is 0.384 e. The van der Waals surface area contributed by atoms with Gasteiger partial charge in [0.05, 0.1) is 4.90 Å². The molecule has 0 aliphatic carbocycles. The van der Waals surface area contributed by atoms with Crippen molar-refractivity contribution in [1.82, 2.24) is 9.71 Å². The van der Waals surface area contributed by atoms with E-state index in [4.69, 9.17) is 5.73 Å². The topological polar surface area (TPSA) is 68.0 Å². The summed E-state index contributed by atoms with van der Waals surface area (Å²) in [7, 11) is -1.16. The van der Waals surface area contributed by atoms with Gasteiger partial charge in [-0.1, -0.05) is 6.92 Å². The SMILES string of the molecule is CCNS(=O)c1ccnc(N)c1. The van der Waals surface area contributed by atoms with Crippen LogP contribution in [-0.4, -0.2) is 15.7 Å². The summed E-state index contributed by atoms with van der Waals surface area (Å²) in [6.45, 7) is 2.55. The molecule has 3 N–H and O–H groups in total. The smallest absolute Gasteiger partial charge is 0.125 e. The van der Waals surface area contributed by atoms with E-state index in [0.717, 1.165) is 0 Å². The summed E-state index contributed by atoms with van der Waals surface area (Å²) in [6.07, 6.45) is 1.54. The molecule has 0 spiro atoms. The Labute approximate surface area is 73.8 Å². The minimum absolute atomic E-state index is 0.388. The van der Waals surface area contributed by atoms with E-state index < -0.39 is 11.0 Å². The van der Waals surface area contributed by atoms with Gasteiger partial charge < -0.3 is 5.73 Å². The maximum Gasteiger partial charge on any atom is 0.125 e. The van der Waals surface area contributed by atoms with Crippen LogP contribution in [-0.2, 0) is 11.0 Å². The normalized spacial score (nSPS) is 12.8. The summed E-state index contributed by atoms with van der Waals surface area (Å²) in [4.78, 5) is 4.45. The number of rotatable bonds is 3. The molecule has 0 aromatic carbocycles. The Morgan fingerprint density at radius 2 is 2.50 bits per heavy atom. The number of nitrogens with one attached hydrogen (secondary N) is 1. The number of aromatic nitrogens is 1. The lowest BCUT2D eigenvalue weighted by Crippen LogP contribution is -2.16.